The fourth-order valence-electron chi connectivity index (χ4n) is 16.6. The molecular formula is C66H124N16. The van der Waals surface area contributed by atoms with E-state index < -0.39 is 0 Å². The standard InChI is InChI=1S/2C33H62N8/c2*1-10-11-12-16-19-41(26-22-32(6,7)40-33(8,9)23-26)29-37-27(34-24-17-14-13-15-18-24)36-28(38-29)35-25-20-30(2,3)39-31(4,5)21-25/h2*24-26,39-40H,10-23H2,1-9H3,(H2,34,35,36,37,38). The van der Waals surface area contributed by atoms with Gasteiger partial charge in [-0.2, -0.15) is 29.9 Å². The van der Waals surface area contributed by atoms with Crippen LogP contribution >= 0.6 is 0 Å². The summed E-state index contributed by atoms with van der Waals surface area (Å²) in [7, 11) is 0. The van der Waals surface area contributed by atoms with E-state index in [0.29, 0.717) is 36.3 Å². The van der Waals surface area contributed by atoms with E-state index in [-0.39, 0.29) is 44.3 Å². The first-order chi connectivity index (χ1) is 38.3. The molecule has 468 valence electrons. The van der Waals surface area contributed by atoms with Crippen LogP contribution in [0.1, 0.15) is 292 Å². The molecule has 8 rings (SSSR count). The fourth-order valence-corrected chi connectivity index (χ4v) is 16.6. The second-order valence-electron chi connectivity index (χ2n) is 32.2. The van der Waals surface area contributed by atoms with Crippen LogP contribution in [0.5, 0.6) is 0 Å². The summed E-state index contributed by atoms with van der Waals surface area (Å²) in [5.74, 6) is 4.59. The highest BCUT2D eigenvalue weighted by atomic mass is 15.4. The molecule has 0 amide bonds. The number of aromatic nitrogens is 6. The van der Waals surface area contributed by atoms with Gasteiger partial charge in [0.1, 0.15) is 0 Å². The topological polar surface area (TPSA) is 180 Å². The second kappa shape index (κ2) is 27.6. The second-order valence-corrected chi connectivity index (χ2v) is 32.2. The van der Waals surface area contributed by atoms with Crippen molar-refractivity contribution in [1.29, 1.82) is 0 Å². The van der Waals surface area contributed by atoms with Gasteiger partial charge in [0.2, 0.25) is 35.7 Å². The normalized spacial score (nSPS) is 24.6. The van der Waals surface area contributed by atoms with E-state index in [1.54, 1.807) is 0 Å². The van der Waals surface area contributed by atoms with Gasteiger partial charge in [0.05, 0.1) is 0 Å². The lowest BCUT2D eigenvalue weighted by atomic mass is 9.79. The smallest absolute Gasteiger partial charge is 0.232 e. The Labute approximate surface area is 501 Å². The molecule has 0 aromatic carbocycles. The van der Waals surface area contributed by atoms with Crippen LogP contribution < -0.4 is 52.3 Å². The van der Waals surface area contributed by atoms with Gasteiger partial charge in [-0.05, 0) is 201 Å². The number of piperidine rings is 4. The molecule has 0 spiro atoms. The molecule has 2 aromatic heterocycles. The van der Waals surface area contributed by atoms with Gasteiger partial charge in [0.15, 0.2) is 0 Å². The molecule has 2 aromatic rings. The zero-order valence-electron chi connectivity index (χ0n) is 55.8. The first-order valence-corrected chi connectivity index (χ1v) is 33.6. The van der Waals surface area contributed by atoms with Crippen molar-refractivity contribution in [3.05, 3.63) is 0 Å². The SMILES string of the molecule is CCCCCCN(c1nc(NC2CCCCC2)nc(NC2CC(C)(C)NC(C)(C)C2)n1)C1CC(C)(C)NC(C)(C)C1.CCCCCCN(c1nc(NC2CCCCC2)nc(NC2CC(C)(C)NC(C)(C)C2)n1)C1CC(C)(C)NC(C)(C)C1. The molecule has 16 heteroatoms. The maximum absolute atomic E-state index is 5.20. The minimum absolute atomic E-state index is 0.0516. The van der Waals surface area contributed by atoms with Gasteiger partial charge < -0.3 is 52.3 Å². The molecule has 4 aliphatic heterocycles. The van der Waals surface area contributed by atoms with Crippen LogP contribution in [-0.4, -0.2) is 124 Å². The number of nitrogens with one attached hydrogen (secondary N) is 8. The Bertz CT molecular complexity index is 2060. The molecule has 4 saturated heterocycles. The van der Waals surface area contributed by atoms with Crippen LogP contribution in [0.3, 0.4) is 0 Å². The molecule has 0 radical (unpaired) electrons. The van der Waals surface area contributed by atoms with E-state index in [1.807, 2.05) is 0 Å². The van der Waals surface area contributed by atoms with E-state index in [2.05, 4.69) is 177 Å². The summed E-state index contributed by atoms with van der Waals surface area (Å²) in [6, 6.07) is 2.23. The van der Waals surface area contributed by atoms with Crippen LogP contribution in [0.2, 0.25) is 0 Å². The van der Waals surface area contributed by atoms with Gasteiger partial charge in [-0.3, -0.25) is 0 Å². The minimum Gasteiger partial charge on any atom is -0.351 e. The van der Waals surface area contributed by atoms with Crippen molar-refractivity contribution in [2.24, 2.45) is 0 Å². The predicted molar refractivity (Wildman–Crippen MR) is 348 cm³/mol. The highest BCUT2D eigenvalue weighted by Gasteiger charge is 2.44. The molecule has 0 unspecified atom stereocenters. The largest absolute Gasteiger partial charge is 0.351 e. The zero-order chi connectivity index (χ0) is 59.8. The molecule has 6 aliphatic rings. The van der Waals surface area contributed by atoms with E-state index in [0.717, 1.165) is 113 Å². The maximum atomic E-state index is 5.20. The van der Waals surface area contributed by atoms with Crippen molar-refractivity contribution in [2.75, 3.05) is 44.2 Å². The molecule has 2 saturated carbocycles. The first-order valence-electron chi connectivity index (χ1n) is 33.6. The lowest BCUT2D eigenvalue weighted by molar-refractivity contribution is 0.157. The Morgan fingerprint density at radius 3 is 0.854 bits per heavy atom. The molecular weight excluding hydrogens is 1020 g/mol. The van der Waals surface area contributed by atoms with Crippen LogP contribution in [-0.2, 0) is 0 Å². The Morgan fingerprint density at radius 2 is 0.585 bits per heavy atom. The Morgan fingerprint density at radius 1 is 0.329 bits per heavy atom. The molecule has 16 nitrogen and oxygen atoms in total. The molecule has 0 atom stereocenters. The Balaban J connectivity index is 0.000000236. The minimum atomic E-state index is 0.0516. The predicted octanol–water partition coefficient (Wildman–Crippen LogP) is 14.1. The van der Waals surface area contributed by atoms with Crippen molar-refractivity contribution >= 4 is 35.7 Å². The third-order valence-corrected chi connectivity index (χ3v) is 18.4. The van der Waals surface area contributed by atoms with E-state index in [1.165, 1.54) is 103 Å². The van der Waals surface area contributed by atoms with Crippen LogP contribution in [0.25, 0.3) is 0 Å². The van der Waals surface area contributed by atoms with Crippen LogP contribution in [0.15, 0.2) is 0 Å². The summed E-state index contributed by atoms with van der Waals surface area (Å²) in [6.07, 6.45) is 30.8. The summed E-state index contributed by atoms with van der Waals surface area (Å²) in [4.78, 5) is 35.8. The van der Waals surface area contributed by atoms with Gasteiger partial charge in [-0.15, -0.1) is 0 Å². The van der Waals surface area contributed by atoms with Crippen molar-refractivity contribution in [3.8, 4) is 0 Å². The summed E-state index contributed by atoms with van der Waals surface area (Å²) in [5.41, 5.74) is 0.419. The van der Waals surface area contributed by atoms with E-state index in [4.69, 9.17) is 29.9 Å². The van der Waals surface area contributed by atoms with Gasteiger partial charge in [-0.25, -0.2) is 0 Å². The number of hydrogen-bond donors (Lipinski definition) is 8. The Hall–Kier alpha value is -3.34. The molecule has 6 fully saturated rings. The number of unbranched alkanes of at least 4 members (excludes halogenated alkanes) is 6. The molecule has 0 bridgehead atoms. The maximum Gasteiger partial charge on any atom is 0.232 e. The molecule has 82 heavy (non-hydrogen) atoms. The zero-order valence-corrected chi connectivity index (χ0v) is 55.8. The molecule has 8 N–H and O–H groups in total. The van der Waals surface area contributed by atoms with Crippen LogP contribution in [0.4, 0.5) is 35.7 Å². The van der Waals surface area contributed by atoms with E-state index >= 15 is 0 Å². The first kappa shape index (κ1) is 66.2. The molecule has 6 heterocycles. The lowest BCUT2D eigenvalue weighted by Crippen LogP contribution is -2.62. The van der Waals surface area contributed by atoms with E-state index in [9.17, 15) is 0 Å². The van der Waals surface area contributed by atoms with Crippen LogP contribution in [0, 0.1) is 0 Å². The number of nitrogens with zero attached hydrogens (tertiary/aromatic N) is 8. The summed E-state index contributed by atoms with van der Waals surface area (Å²) < 4.78 is 0. The third kappa shape index (κ3) is 21.0. The summed E-state index contributed by atoms with van der Waals surface area (Å²) in [5, 5.41) is 30.5. The average molecular weight is 1140 g/mol. The quantitative estimate of drug-likeness (QED) is 0.0521. The Kier molecular flexibility index (Phi) is 22.3. The lowest BCUT2D eigenvalue weighted by Gasteiger charge is -2.49. The van der Waals surface area contributed by atoms with Crippen molar-refractivity contribution in [1.82, 2.24) is 51.2 Å². The highest BCUT2D eigenvalue weighted by molar-refractivity contribution is 5.48. The monoisotopic (exact) mass is 1140 g/mol. The van der Waals surface area contributed by atoms with Crippen molar-refractivity contribution in [2.45, 2.75) is 372 Å². The summed E-state index contributed by atoms with van der Waals surface area (Å²) in [6.45, 7) is 43.7. The van der Waals surface area contributed by atoms with Gasteiger partial charge in [0.25, 0.3) is 0 Å². The number of rotatable bonds is 22. The highest BCUT2D eigenvalue weighted by Crippen LogP contribution is 2.38. The average Bonchev–Trinajstić information content (AvgIpc) is 3.35. The van der Waals surface area contributed by atoms with Crippen molar-refractivity contribution < 1.29 is 0 Å². The van der Waals surface area contributed by atoms with Gasteiger partial charge in [-0.1, -0.05) is 90.9 Å². The fraction of sp³-hybridized carbons (Fsp3) is 0.909. The number of anilines is 6. The molecule has 2 aliphatic carbocycles. The van der Waals surface area contributed by atoms with Gasteiger partial charge in [0, 0.05) is 93.7 Å². The third-order valence-electron chi connectivity index (χ3n) is 18.4. The number of hydrogen-bond acceptors (Lipinski definition) is 16. The van der Waals surface area contributed by atoms with Crippen molar-refractivity contribution in [3.63, 3.8) is 0 Å². The summed E-state index contributed by atoms with van der Waals surface area (Å²) >= 11 is 0. The van der Waals surface area contributed by atoms with Gasteiger partial charge >= 0.3 is 0 Å².